The molecule has 3 rings (SSSR count). The van der Waals surface area contributed by atoms with Gasteiger partial charge in [-0.3, -0.25) is 14.4 Å². The molecule has 2 N–H and O–H groups in total. The monoisotopic (exact) mass is 300 g/mol. The lowest BCUT2D eigenvalue weighted by Crippen LogP contribution is -2.35. The van der Waals surface area contributed by atoms with E-state index in [1.54, 1.807) is 37.3 Å². The second-order valence-corrected chi connectivity index (χ2v) is 5.94. The number of benzene rings is 1. The number of nitrogens with one attached hydrogen (secondary N) is 1. The Kier molecular flexibility index (Phi) is 3.24. The van der Waals surface area contributed by atoms with E-state index < -0.39 is 11.4 Å². The summed E-state index contributed by atoms with van der Waals surface area (Å²) in [5, 5.41) is 10.4. The molecule has 6 heteroatoms. The molecule has 2 heterocycles. The number of hydrogen-bond acceptors (Lipinski definition) is 3. The first kappa shape index (κ1) is 14.3. The van der Waals surface area contributed by atoms with Crippen LogP contribution in [-0.4, -0.2) is 40.0 Å². The van der Waals surface area contributed by atoms with Crippen molar-refractivity contribution in [2.75, 3.05) is 13.1 Å². The van der Waals surface area contributed by atoms with Crippen LogP contribution in [0.2, 0.25) is 0 Å². The molecule has 0 aliphatic carbocycles. The molecule has 0 unspecified atom stereocenters. The van der Waals surface area contributed by atoms with Gasteiger partial charge in [-0.05, 0) is 30.9 Å². The number of aromatic amines is 1. The molecule has 1 aliphatic rings. The van der Waals surface area contributed by atoms with Gasteiger partial charge in [-0.25, -0.2) is 0 Å². The van der Waals surface area contributed by atoms with E-state index in [-0.39, 0.29) is 23.7 Å². The third kappa shape index (κ3) is 2.26. The van der Waals surface area contributed by atoms with E-state index in [2.05, 4.69) is 4.98 Å². The Hall–Kier alpha value is -2.63. The van der Waals surface area contributed by atoms with Crippen molar-refractivity contribution in [3.8, 4) is 0 Å². The number of fused-ring (bicyclic) bond motifs is 1. The number of pyridine rings is 1. The maximum atomic E-state index is 12.5. The number of likely N-dealkylation sites (tertiary alicyclic amines) is 1. The smallest absolute Gasteiger partial charge is 0.311 e. The third-order valence-corrected chi connectivity index (χ3v) is 4.26. The van der Waals surface area contributed by atoms with E-state index in [9.17, 15) is 19.5 Å². The molecule has 114 valence electrons. The van der Waals surface area contributed by atoms with Crippen LogP contribution in [-0.2, 0) is 4.79 Å². The van der Waals surface area contributed by atoms with Crippen molar-refractivity contribution in [1.29, 1.82) is 0 Å². The predicted molar refractivity (Wildman–Crippen MR) is 80.8 cm³/mol. The predicted octanol–water partition coefficient (Wildman–Crippen LogP) is 1.46. The highest BCUT2D eigenvalue weighted by molar-refractivity contribution is 5.96. The van der Waals surface area contributed by atoms with Crippen LogP contribution in [0.4, 0.5) is 0 Å². The molecular weight excluding hydrogens is 284 g/mol. The molecule has 1 fully saturated rings. The van der Waals surface area contributed by atoms with Crippen LogP contribution in [0.5, 0.6) is 0 Å². The summed E-state index contributed by atoms with van der Waals surface area (Å²) in [7, 11) is 0. The van der Waals surface area contributed by atoms with Gasteiger partial charge in [-0.2, -0.15) is 0 Å². The topological polar surface area (TPSA) is 90.5 Å². The summed E-state index contributed by atoms with van der Waals surface area (Å²) < 4.78 is 0. The van der Waals surface area contributed by atoms with Gasteiger partial charge in [0.1, 0.15) is 5.69 Å². The van der Waals surface area contributed by atoms with Crippen LogP contribution in [0, 0.1) is 5.41 Å². The van der Waals surface area contributed by atoms with Gasteiger partial charge >= 0.3 is 5.97 Å². The normalized spacial score (nSPS) is 21.2. The van der Waals surface area contributed by atoms with Crippen molar-refractivity contribution in [2.24, 2.45) is 5.41 Å². The van der Waals surface area contributed by atoms with E-state index >= 15 is 0 Å². The van der Waals surface area contributed by atoms with Crippen LogP contribution in [0.1, 0.15) is 23.8 Å². The van der Waals surface area contributed by atoms with Crippen molar-refractivity contribution >= 4 is 22.6 Å². The number of hydrogen-bond donors (Lipinski definition) is 2. The van der Waals surface area contributed by atoms with Gasteiger partial charge in [-0.1, -0.05) is 18.2 Å². The number of carboxylic acids is 1. The average molecular weight is 300 g/mol. The quantitative estimate of drug-likeness (QED) is 0.878. The fourth-order valence-corrected chi connectivity index (χ4v) is 2.81. The van der Waals surface area contributed by atoms with Gasteiger partial charge in [0, 0.05) is 18.5 Å². The minimum Gasteiger partial charge on any atom is -0.481 e. The number of amides is 1. The van der Waals surface area contributed by atoms with Crippen molar-refractivity contribution < 1.29 is 14.7 Å². The first-order valence-electron chi connectivity index (χ1n) is 7.05. The SMILES string of the molecule is C[C@]1(C(=O)O)CCN(C(=O)c2cc3ccccc3c(=O)[nH]2)C1. The molecule has 1 aliphatic heterocycles. The van der Waals surface area contributed by atoms with Crippen LogP contribution >= 0.6 is 0 Å². The van der Waals surface area contributed by atoms with Crippen LogP contribution < -0.4 is 5.56 Å². The van der Waals surface area contributed by atoms with Crippen molar-refractivity contribution in [3.05, 3.63) is 46.4 Å². The summed E-state index contributed by atoms with van der Waals surface area (Å²) in [6.45, 7) is 2.15. The van der Waals surface area contributed by atoms with E-state index in [1.165, 1.54) is 4.90 Å². The lowest BCUT2D eigenvalue weighted by molar-refractivity contribution is -0.147. The highest BCUT2D eigenvalue weighted by atomic mass is 16.4. The van der Waals surface area contributed by atoms with E-state index in [4.69, 9.17) is 0 Å². The maximum absolute atomic E-state index is 12.5. The second-order valence-electron chi connectivity index (χ2n) is 5.94. The number of carbonyl (C=O) groups is 2. The lowest BCUT2D eigenvalue weighted by Gasteiger charge is -2.20. The molecule has 2 aromatic rings. The Morgan fingerprint density at radius 2 is 2.05 bits per heavy atom. The number of aromatic nitrogens is 1. The van der Waals surface area contributed by atoms with E-state index in [1.807, 2.05) is 0 Å². The van der Waals surface area contributed by atoms with Crippen LogP contribution in [0.15, 0.2) is 35.1 Å². The average Bonchev–Trinajstić information content (AvgIpc) is 2.90. The molecule has 1 aromatic heterocycles. The Bertz CT molecular complexity index is 826. The summed E-state index contributed by atoms with van der Waals surface area (Å²) in [6.07, 6.45) is 0.409. The molecule has 0 spiro atoms. The highest BCUT2D eigenvalue weighted by Gasteiger charge is 2.42. The molecule has 1 saturated heterocycles. The number of rotatable bonds is 2. The molecule has 1 atom stereocenters. The van der Waals surface area contributed by atoms with Gasteiger partial charge in [0.2, 0.25) is 0 Å². The molecule has 6 nitrogen and oxygen atoms in total. The first-order chi connectivity index (χ1) is 10.4. The lowest BCUT2D eigenvalue weighted by atomic mass is 9.90. The summed E-state index contributed by atoms with van der Waals surface area (Å²) >= 11 is 0. The van der Waals surface area contributed by atoms with Gasteiger partial charge < -0.3 is 15.0 Å². The van der Waals surface area contributed by atoms with Gasteiger partial charge in [0.15, 0.2) is 0 Å². The van der Waals surface area contributed by atoms with E-state index in [0.717, 1.165) is 0 Å². The second kappa shape index (κ2) is 4.98. The van der Waals surface area contributed by atoms with Crippen LogP contribution in [0.3, 0.4) is 0 Å². The number of H-pyrrole nitrogens is 1. The maximum Gasteiger partial charge on any atom is 0.311 e. The minimum atomic E-state index is -0.924. The molecular formula is C16H16N2O4. The Labute approximate surface area is 126 Å². The highest BCUT2D eigenvalue weighted by Crippen LogP contribution is 2.30. The number of carbonyl (C=O) groups excluding carboxylic acids is 1. The van der Waals surface area contributed by atoms with Gasteiger partial charge in [0.05, 0.1) is 5.41 Å². The standard InChI is InChI=1S/C16H16N2O4/c1-16(15(21)22)6-7-18(9-16)14(20)12-8-10-4-2-3-5-11(10)13(19)17-12/h2-5,8H,6-7,9H2,1H3,(H,17,19)(H,21,22)/t16-/m0/s1. The molecule has 0 saturated carbocycles. The van der Waals surface area contributed by atoms with Crippen molar-refractivity contribution in [2.45, 2.75) is 13.3 Å². The zero-order chi connectivity index (χ0) is 15.9. The summed E-state index contributed by atoms with van der Waals surface area (Å²) in [5.41, 5.74) is -1.05. The summed E-state index contributed by atoms with van der Waals surface area (Å²) in [4.78, 5) is 39.9. The number of carboxylic acid groups (broad SMARTS) is 1. The Morgan fingerprint density at radius 1 is 1.32 bits per heavy atom. The number of aliphatic carboxylic acids is 1. The van der Waals surface area contributed by atoms with Crippen molar-refractivity contribution in [3.63, 3.8) is 0 Å². The fraction of sp³-hybridized carbons (Fsp3) is 0.312. The Balaban J connectivity index is 1.94. The third-order valence-electron chi connectivity index (χ3n) is 4.26. The molecule has 22 heavy (non-hydrogen) atoms. The summed E-state index contributed by atoms with van der Waals surface area (Å²) in [5.74, 6) is -1.25. The largest absolute Gasteiger partial charge is 0.481 e. The molecule has 0 radical (unpaired) electrons. The summed E-state index contributed by atoms with van der Waals surface area (Å²) in [6, 6.07) is 8.66. The van der Waals surface area contributed by atoms with Gasteiger partial charge in [-0.15, -0.1) is 0 Å². The first-order valence-corrected chi connectivity index (χ1v) is 7.05. The fourth-order valence-electron chi connectivity index (χ4n) is 2.81. The molecule has 1 aromatic carbocycles. The van der Waals surface area contributed by atoms with Crippen molar-refractivity contribution in [1.82, 2.24) is 9.88 Å². The number of nitrogens with zero attached hydrogens (tertiary/aromatic N) is 1. The molecule has 0 bridgehead atoms. The van der Waals surface area contributed by atoms with Gasteiger partial charge in [0.25, 0.3) is 11.5 Å². The zero-order valence-electron chi connectivity index (χ0n) is 12.1. The van der Waals surface area contributed by atoms with E-state index in [0.29, 0.717) is 23.7 Å². The minimum absolute atomic E-state index is 0.149. The Morgan fingerprint density at radius 3 is 2.73 bits per heavy atom. The van der Waals surface area contributed by atoms with Crippen LogP contribution in [0.25, 0.3) is 10.8 Å². The zero-order valence-corrected chi connectivity index (χ0v) is 12.1. The molecule has 1 amide bonds.